The van der Waals surface area contributed by atoms with Crippen molar-refractivity contribution in [1.82, 2.24) is 10.2 Å². The molecule has 1 aliphatic heterocycles. The van der Waals surface area contributed by atoms with Gasteiger partial charge in [-0.3, -0.25) is 0 Å². The number of nitrogens with zero attached hydrogens (tertiary/aromatic N) is 4. The summed E-state index contributed by atoms with van der Waals surface area (Å²) in [6.07, 6.45) is 4.86. The molecular weight excluding hydrogens is 266 g/mol. The predicted molar refractivity (Wildman–Crippen MR) is 83.9 cm³/mol. The molecule has 6 heteroatoms. The van der Waals surface area contributed by atoms with Crippen molar-refractivity contribution in [1.29, 1.82) is 0 Å². The Kier molecular flexibility index (Phi) is 4.98. The lowest BCUT2D eigenvalue weighted by atomic mass is 9.92. The first-order valence-corrected chi connectivity index (χ1v) is 7.65. The molecular formula is C15H25N5O. The molecule has 1 aromatic rings. The van der Waals surface area contributed by atoms with Crippen LogP contribution in [-0.2, 0) is 0 Å². The molecule has 0 saturated carbocycles. The van der Waals surface area contributed by atoms with Crippen LogP contribution in [0.2, 0.25) is 0 Å². The molecule has 2 heterocycles. The summed E-state index contributed by atoms with van der Waals surface area (Å²) in [5.41, 5.74) is 8.29. The number of piperidine rings is 1. The summed E-state index contributed by atoms with van der Waals surface area (Å²) in [7, 11) is 0. The Morgan fingerprint density at radius 3 is 2.57 bits per heavy atom. The summed E-state index contributed by atoms with van der Waals surface area (Å²) >= 11 is 0. The molecule has 1 saturated heterocycles. The molecule has 0 atom stereocenters. The third-order valence-electron chi connectivity index (χ3n) is 4.41. The van der Waals surface area contributed by atoms with Crippen LogP contribution in [-0.4, -0.2) is 34.3 Å². The van der Waals surface area contributed by atoms with E-state index in [-0.39, 0.29) is 5.84 Å². The molecule has 116 valence electrons. The van der Waals surface area contributed by atoms with Gasteiger partial charge in [0, 0.05) is 13.1 Å². The summed E-state index contributed by atoms with van der Waals surface area (Å²) in [6, 6.07) is 0. The Hall–Kier alpha value is -1.85. The Bertz CT molecular complexity index is 521. The van der Waals surface area contributed by atoms with Gasteiger partial charge in [0.15, 0.2) is 11.7 Å². The maximum absolute atomic E-state index is 9.03. The number of aryl methyl sites for hydroxylation is 1. The molecule has 6 nitrogen and oxygen atoms in total. The highest BCUT2D eigenvalue weighted by Gasteiger charge is 2.24. The minimum Gasteiger partial charge on any atom is -0.409 e. The van der Waals surface area contributed by atoms with Gasteiger partial charge in [0.05, 0.1) is 11.3 Å². The van der Waals surface area contributed by atoms with E-state index in [9.17, 15) is 0 Å². The summed E-state index contributed by atoms with van der Waals surface area (Å²) < 4.78 is 0. The summed E-state index contributed by atoms with van der Waals surface area (Å²) in [4.78, 5) is 2.21. The van der Waals surface area contributed by atoms with Crippen molar-refractivity contribution in [3.05, 3.63) is 16.8 Å². The van der Waals surface area contributed by atoms with E-state index in [0.717, 1.165) is 48.9 Å². The Morgan fingerprint density at radius 1 is 1.33 bits per heavy atom. The topological polar surface area (TPSA) is 87.6 Å². The predicted octanol–water partition coefficient (Wildman–Crippen LogP) is 2.20. The van der Waals surface area contributed by atoms with Crippen LogP contribution in [0.25, 0.3) is 0 Å². The van der Waals surface area contributed by atoms with Crippen molar-refractivity contribution in [2.24, 2.45) is 16.8 Å². The lowest BCUT2D eigenvalue weighted by Crippen LogP contribution is -2.36. The first-order valence-electron chi connectivity index (χ1n) is 7.65. The highest BCUT2D eigenvalue weighted by atomic mass is 16.4. The highest BCUT2D eigenvalue weighted by molar-refractivity contribution is 6.02. The van der Waals surface area contributed by atoms with Crippen LogP contribution in [0.4, 0.5) is 5.82 Å². The van der Waals surface area contributed by atoms with Crippen molar-refractivity contribution in [2.75, 3.05) is 18.0 Å². The second-order valence-corrected chi connectivity index (χ2v) is 5.81. The van der Waals surface area contributed by atoms with Crippen LogP contribution in [0.3, 0.4) is 0 Å². The Balaban J connectivity index is 2.27. The van der Waals surface area contributed by atoms with Crippen molar-refractivity contribution in [3.63, 3.8) is 0 Å². The molecule has 1 aliphatic rings. The van der Waals surface area contributed by atoms with Crippen LogP contribution in [0.1, 0.15) is 49.4 Å². The number of oxime groups is 1. The second kappa shape index (κ2) is 6.74. The van der Waals surface area contributed by atoms with Crippen LogP contribution in [0.5, 0.6) is 0 Å². The minimum absolute atomic E-state index is 0.108. The SMILES string of the molecule is CCCC1CCN(c2nnc(C)c(C)c2C(N)=NO)CC1. The van der Waals surface area contributed by atoms with Gasteiger partial charge < -0.3 is 15.8 Å². The van der Waals surface area contributed by atoms with E-state index in [1.165, 1.54) is 12.8 Å². The fourth-order valence-corrected chi connectivity index (χ4v) is 3.02. The first kappa shape index (κ1) is 15.5. The van der Waals surface area contributed by atoms with Gasteiger partial charge >= 0.3 is 0 Å². The fraction of sp³-hybridized carbons (Fsp3) is 0.667. The average Bonchev–Trinajstić information content (AvgIpc) is 2.50. The van der Waals surface area contributed by atoms with E-state index in [1.807, 2.05) is 13.8 Å². The van der Waals surface area contributed by atoms with Crippen molar-refractivity contribution in [3.8, 4) is 0 Å². The molecule has 0 aliphatic carbocycles. The fourth-order valence-electron chi connectivity index (χ4n) is 3.02. The maximum Gasteiger partial charge on any atom is 0.174 e. The average molecular weight is 291 g/mol. The van der Waals surface area contributed by atoms with Crippen molar-refractivity contribution in [2.45, 2.75) is 46.5 Å². The molecule has 1 aromatic heterocycles. The zero-order chi connectivity index (χ0) is 15.4. The van der Waals surface area contributed by atoms with E-state index < -0.39 is 0 Å². The van der Waals surface area contributed by atoms with E-state index in [4.69, 9.17) is 10.9 Å². The van der Waals surface area contributed by atoms with E-state index in [2.05, 4.69) is 27.2 Å². The quantitative estimate of drug-likeness (QED) is 0.384. The Labute approximate surface area is 126 Å². The van der Waals surface area contributed by atoms with Crippen molar-refractivity contribution >= 4 is 11.7 Å². The van der Waals surface area contributed by atoms with Crippen molar-refractivity contribution < 1.29 is 5.21 Å². The van der Waals surface area contributed by atoms with Gasteiger partial charge in [0.2, 0.25) is 0 Å². The molecule has 1 fully saturated rings. The minimum atomic E-state index is 0.108. The molecule has 0 radical (unpaired) electrons. The summed E-state index contributed by atoms with van der Waals surface area (Å²) in [6.45, 7) is 7.96. The summed E-state index contributed by atoms with van der Waals surface area (Å²) in [5, 5.41) is 20.7. The van der Waals surface area contributed by atoms with Gasteiger partial charge in [-0.1, -0.05) is 24.9 Å². The molecule has 3 N–H and O–H groups in total. The number of hydrogen-bond donors (Lipinski definition) is 2. The van der Waals surface area contributed by atoms with Gasteiger partial charge in [-0.25, -0.2) is 0 Å². The normalized spacial score (nSPS) is 17.3. The van der Waals surface area contributed by atoms with Gasteiger partial charge in [0.1, 0.15) is 0 Å². The molecule has 21 heavy (non-hydrogen) atoms. The van der Waals surface area contributed by atoms with Gasteiger partial charge in [0.25, 0.3) is 0 Å². The lowest BCUT2D eigenvalue weighted by molar-refractivity contribution is 0.318. The number of aromatic nitrogens is 2. The molecule has 0 amide bonds. The van der Waals surface area contributed by atoms with Gasteiger partial charge in [-0.05, 0) is 38.2 Å². The maximum atomic E-state index is 9.03. The monoisotopic (exact) mass is 291 g/mol. The van der Waals surface area contributed by atoms with E-state index >= 15 is 0 Å². The van der Waals surface area contributed by atoms with Crippen LogP contribution in [0, 0.1) is 19.8 Å². The number of amidine groups is 1. The smallest absolute Gasteiger partial charge is 0.174 e. The van der Waals surface area contributed by atoms with Gasteiger partial charge in [-0.15, -0.1) is 5.10 Å². The molecule has 0 unspecified atom stereocenters. The third-order valence-corrected chi connectivity index (χ3v) is 4.41. The first-order chi connectivity index (χ1) is 10.1. The largest absolute Gasteiger partial charge is 0.409 e. The van der Waals surface area contributed by atoms with Crippen LogP contribution in [0.15, 0.2) is 5.16 Å². The Morgan fingerprint density at radius 2 is 2.00 bits per heavy atom. The number of nitrogens with two attached hydrogens (primary N) is 1. The lowest BCUT2D eigenvalue weighted by Gasteiger charge is -2.33. The second-order valence-electron chi connectivity index (χ2n) is 5.81. The zero-order valence-electron chi connectivity index (χ0n) is 13.1. The van der Waals surface area contributed by atoms with E-state index in [1.54, 1.807) is 0 Å². The number of anilines is 1. The van der Waals surface area contributed by atoms with Crippen LogP contribution >= 0.6 is 0 Å². The number of hydrogen-bond acceptors (Lipinski definition) is 5. The van der Waals surface area contributed by atoms with Gasteiger partial charge in [-0.2, -0.15) is 5.10 Å². The van der Waals surface area contributed by atoms with Crippen LogP contribution < -0.4 is 10.6 Å². The summed E-state index contributed by atoms with van der Waals surface area (Å²) in [5.74, 6) is 1.65. The molecule has 0 bridgehead atoms. The van der Waals surface area contributed by atoms with E-state index in [0.29, 0.717) is 5.56 Å². The molecule has 0 spiro atoms. The highest BCUT2D eigenvalue weighted by Crippen LogP contribution is 2.28. The third kappa shape index (κ3) is 3.25. The number of rotatable bonds is 4. The zero-order valence-corrected chi connectivity index (χ0v) is 13.1. The molecule has 0 aromatic carbocycles. The standard InChI is InChI=1S/C15H25N5O/c1-4-5-12-6-8-20(9-7-12)15-13(14(16)19-21)10(2)11(3)17-18-15/h12,21H,4-9H2,1-3H3,(H2,16,19). The molecule has 2 rings (SSSR count).